The van der Waals surface area contributed by atoms with E-state index in [1.807, 2.05) is 17.1 Å². The minimum atomic E-state index is -0.492. The minimum Gasteiger partial charge on any atom is -0.359 e. The number of nitrogens with zero attached hydrogens (tertiary/aromatic N) is 5. The maximum absolute atomic E-state index is 13.0. The van der Waals surface area contributed by atoms with E-state index in [2.05, 4.69) is 17.4 Å². The Hall–Kier alpha value is -2.26. The van der Waals surface area contributed by atoms with Crippen LogP contribution in [0, 0.1) is 0 Å². The zero-order valence-corrected chi connectivity index (χ0v) is 20.1. The van der Waals surface area contributed by atoms with Crippen LogP contribution in [0.4, 0.5) is 0 Å². The molecule has 1 spiro atoms. The zero-order valence-electron chi connectivity index (χ0n) is 19.3. The Kier molecular flexibility index (Phi) is 5.29. The molecule has 2 aliphatic carbocycles. The molecule has 0 amide bonds. The standard InChI is InChI=1S/C24H30N6O2S/c1-14(17-8-6-12-25-17)30-22-16(13-26-30)23(33-2)28-21(27-22)19-15-7-5-11-24(20(15)32-29-19)10-4-3-9-18(24)31/h13-14,17,25H,3-12H2,1-2H3/t14-,17-,24+/m0/s1. The number of hydrogen-bond donors (Lipinski definition) is 1. The average molecular weight is 467 g/mol. The highest BCUT2D eigenvalue weighted by Gasteiger charge is 2.48. The lowest BCUT2D eigenvalue weighted by molar-refractivity contribution is -0.128. The van der Waals surface area contributed by atoms with Gasteiger partial charge in [0.15, 0.2) is 22.9 Å². The lowest BCUT2D eigenvalue weighted by Crippen LogP contribution is -2.41. The maximum Gasteiger partial charge on any atom is 0.185 e. The van der Waals surface area contributed by atoms with Crippen LogP contribution in [0.3, 0.4) is 0 Å². The van der Waals surface area contributed by atoms with Crippen molar-refractivity contribution in [2.45, 2.75) is 87.2 Å². The molecule has 33 heavy (non-hydrogen) atoms. The van der Waals surface area contributed by atoms with Gasteiger partial charge in [-0.2, -0.15) is 5.10 Å². The summed E-state index contributed by atoms with van der Waals surface area (Å²) in [7, 11) is 0. The van der Waals surface area contributed by atoms with Gasteiger partial charge in [0.05, 0.1) is 23.0 Å². The van der Waals surface area contributed by atoms with E-state index >= 15 is 0 Å². The summed E-state index contributed by atoms with van der Waals surface area (Å²) in [5.74, 6) is 1.67. The molecule has 8 nitrogen and oxygen atoms in total. The molecule has 0 bridgehead atoms. The fourth-order valence-electron chi connectivity index (χ4n) is 6.12. The topological polar surface area (TPSA) is 98.7 Å². The first-order valence-corrected chi connectivity index (χ1v) is 13.4. The number of aromatic nitrogens is 5. The summed E-state index contributed by atoms with van der Waals surface area (Å²) in [6, 6.07) is 0.582. The number of fused-ring (bicyclic) bond motifs is 3. The van der Waals surface area contributed by atoms with Crippen molar-refractivity contribution >= 4 is 28.6 Å². The van der Waals surface area contributed by atoms with Crippen molar-refractivity contribution in [3.8, 4) is 11.5 Å². The van der Waals surface area contributed by atoms with Crippen LogP contribution in [0.5, 0.6) is 0 Å². The van der Waals surface area contributed by atoms with Crippen molar-refractivity contribution < 1.29 is 9.32 Å². The van der Waals surface area contributed by atoms with Crippen molar-refractivity contribution in [1.29, 1.82) is 0 Å². The molecular formula is C24H30N6O2S. The summed E-state index contributed by atoms with van der Waals surface area (Å²) in [4.78, 5) is 22.9. The number of ketones is 1. The summed E-state index contributed by atoms with van der Waals surface area (Å²) in [6.07, 6.45) is 12.5. The largest absolute Gasteiger partial charge is 0.359 e. The third-order valence-electron chi connectivity index (χ3n) is 7.93. The van der Waals surface area contributed by atoms with E-state index in [0.717, 1.165) is 78.9 Å². The second-order valence-corrected chi connectivity index (χ2v) is 10.5. The molecule has 3 aromatic rings. The molecule has 9 heteroatoms. The maximum atomic E-state index is 13.0. The number of carbonyl (C=O) groups is 1. The van der Waals surface area contributed by atoms with Gasteiger partial charge in [-0.15, -0.1) is 11.8 Å². The van der Waals surface area contributed by atoms with E-state index in [4.69, 9.17) is 19.6 Å². The van der Waals surface area contributed by atoms with Crippen LogP contribution in [0.25, 0.3) is 22.6 Å². The number of nitrogens with one attached hydrogen (secondary N) is 1. The summed E-state index contributed by atoms with van der Waals surface area (Å²) in [6.45, 7) is 3.25. The molecule has 4 heterocycles. The number of hydrogen-bond acceptors (Lipinski definition) is 8. The third-order valence-corrected chi connectivity index (χ3v) is 8.63. The highest BCUT2D eigenvalue weighted by molar-refractivity contribution is 7.98. The molecule has 3 atom stereocenters. The summed E-state index contributed by atoms with van der Waals surface area (Å²) in [5, 5.41) is 14.6. The minimum absolute atomic E-state index is 0.191. The van der Waals surface area contributed by atoms with Crippen LogP contribution >= 0.6 is 11.8 Å². The first-order chi connectivity index (χ1) is 16.1. The Morgan fingerprint density at radius 2 is 2.09 bits per heavy atom. The first kappa shape index (κ1) is 21.3. The predicted molar refractivity (Wildman–Crippen MR) is 126 cm³/mol. The number of rotatable bonds is 4. The van der Waals surface area contributed by atoms with E-state index in [1.165, 1.54) is 6.42 Å². The van der Waals surface area contributed by atoms with E-state index in [1.54, 1.807) is 11.8 Å². The predicted octanol–water partition coefficient (Wildman–Crippen LogP) is 4.23. The Labute approximate surface area is 197 Å². The Balaban J connectivity index is 1.47. The van der Waals surface area contributed by atoms with Gasteiger partial charge in [0, 0.05) is 18.0 Å². The van der Waals surface area contributed by atoms with Crippen LogP contribution in [-0.4, -0.2) is 49.5 Å². The number of Topliss-reactive ketones (excluding diaryl/α,β-unsaturated/α-hetero) is 1. The highest BCUT2D eigenvalue weighted by atomic mass is 32.2. The Morgan fingerprint density at radius 1 is 1.21 bits per heavy atom. The molecule has 6 rings (SSSR count). The van der Waals surface area contributed by atoms with Gasteiger partial charge in [-0.1, -0.05) is 11.6 Å². The zero-order chi connectivity index (χ0) is 22.6. The van der Waals surface area contributed by atoms with Gasteiger partial charge in [-0.25, -0.2) is 14.6 Å². The van der Waals surface area contributed by atoms with Crippen LogP contribution in [0.1, 0.15) is 75.7 Å². The quantitative estimate of drug-likeness (QED) is 0.450. The Bertz CT molecular complexity index is 1210. The molecule has 3 aliphatic rings. The van der Waals surface area contributed by atoms with Gasteiger partial charge in [0.2, 0.25) is 0 Å². The van der Waals surface area contributed by atoms with Gasteiger partial charge in [0.25, 0.3) is 0 Å². The van der Waals surface area contributed by atoms with Gasteiger partial charge < -0.3 is 9.84 Å². The van der Waals surface area contributed by atoms with Gasteiger partial charge in [-0.05, 0) is 64.7 Å². The summed E-state index contributed by atoms with van der Waals surface area (Å²) in [5.41, 5.74) is 2.06. The van der Waals surface area contributed by atoms with Gasteiger partial charge >= 0.3 is 0 Å². The molecule has 1 saturated carbocycles. The van der Waals surface area contributed by atoms with E-state index in [0.29, 0.717) is 29.8 Å². The van der Waals surface area contributed by atoms with Crippen LogP contribution in [-0.2, 0) is 16.6 Å². The molecular weight excluding hydrogens is 436 g/mol. The van der Waals surface area contributed by atoms with Gasteiger partial charge in [0.1, 0.15) is 10.8 Å². The van der Waals surface area contributed by atoms with Crippen LogP contribution in [0.15, 0.2) is 15.7 Å². The highest BCUT2D eigenvalue weighted by Crippen LogP contribution is 2.47. The molecule has 1 saturated heterocycles. The molecule has 0 aromatic carbocycles. The van der Waals surface area contributed by atoms with Crippen LogP contribution < -0.4 is 5.32 Å². The molecule has 0 unspecified atom stereocenters. The van der Waals surface area contributed by atoms with Gasteiger partial charge in [-0.3, -0.25) is 4.79 Å². The van der Waals surface area contributed by atoms with Crippen molar-refractivity contribution in [1.82, 2.24) is 30.2 Å². The first-order valence-electron chi connectivity index (χ1n) is 12.2. The fourth-order valence-corrected chi connectivity index (χ4v) is 6.66. The number of thioether (sulfide) groups is 1. The van der Waals surface area contributed by atoms with Crippen molar-refractivity contribution in [3.63, 3.8) is 0 Å². The lowest BCUT2D eigenvalue weighted by Gasteiger charge is -2.36. The average Bonchev–Trinajstić information content (AvgIpc) is 3.59. The van der Waals surface area contributed by atoms with Crippen molar-refractivity contribution in [3.05, 3.63) is 17.5 Å². The second kappa shape index (κ2) is 8.20. The molecule has 174 valence electrons. The second-order valence-electron chi connectivity index (χ2n) is 9.73. The van der Waals surface area contributed by atoms with Crippen molar-refractivity contribution in [2.24, 2.45) is 0 Å². The molecule has 1 N–H and O–H groups in total. The fraction of sp³-hybridized carbons (Fsp3) is 0.625. The monoisotopic (exact) mass is 466 g/mol. The summed E-state index contributed by atoms with van der Waals surface area (Å²) >= 11 is 1.59. The van der Waals surface area contributed by atoms with Crippen LogP contribution in [0.2, 0.25) is 0 Å². The SMILES string of the molecule is CSc1nc(-c2noc3c2CCC[C@@]32CCCCC2=O)nc2c1cnn2[C@@H](C)[C@@H]1CCCN1. The van der Waals surface area contributed by atoms with Crippen molar-refractivity contribution in [2.75, 3.05) is 12.8 Å². The smallest absolute Gasteiger partial charge is 0.185 e. The van der Waals surface area contributed by atoms with E-state index in [9.17, 15) is 4.79 Å². The number of carbonyl (C=O) groups excluding carboxylic acids is 1. The summed E-state index contributed by atoms with van der Waals surface area (Å²) < 4.78 is 7.97. The third kappa shape index (κ3) is 3.26. The molecule has 0 radical (unpaired) electrons. The molecule has 2 fully saturated rings. The normalized spacial score (nSPS) is 26.2. The lowest BCUT2D eigenvalue weighted by atomic mass is 9.64. The van der Waals surface area contributed by atoms with E-state index < -0.39 is 5.41 Å². The Morgan fingerprint density at radius 3 is 2.88 bits per heavy atom. The molecule has 1 aliphatic heterocycles. The molecule has 3 aromatic heterocycles. The van der Waals surface area contributed by atoms with E-state index in [-0.39, 0.29) is 6.04 Å².